The van der Waals surface area contributed by atoms with E-state index in [1.54, 1.807) is 23.4 Å². The number of benzene rings is 1. The van der Waals surface area contributed by atoms with Crippen LogP contribution in [0.2, 0.25) is 0 Å². The molecule has 0 fully saturated rings. The molecule has 2 aliphatic carbocycles. The third kappa shape index (κ3) is 5.98. The first kappa shape index (κ1) is 28.4. The Labute approximate surface area is 246 Å². The summed E-state index contributed by atoms with van der Waals surface area (Å²) in [6.45, 7) is 0.748. The van der Waals surface area contributed by atoms with Gasteiger partial charge >= 0.3 is 5.97 Å². The van der Waals surface area contributed by atoms with Crippen LogP contribution < -0.4 is 16.0 Å². The van der Waals surface area contributed by atoms with E-state index in [0.29, 0.717) is 44.3 Å². The van der Waals surface area contributed by atoms with Gasteiger partial charge in [-0.25, -0.2) is 4.79 Å². The van der Waals surface area contributed by atoms with Gasteiger partial charge in [-0.2, -0.15) is 0 Å². The normalized spacial score (nSPS) is 22.9. The molecular weight excluding hydrogens is 577 g/mol. The van der Waals surface area contributed by atoms with Crippen molar-refractivity contribution in [3.05, 3.63) is 74.3 Å². The molecule has 0 radical (unpaired) electrons. The predicted molar refractivity (Wildman–Crippen MR) is 155 cm³/mol. The Kier molecular flexibility index (Phi) is 8.65. The van der Waals surface area contributed by atoms with Gasteiger partial charge in [-0.1, -0.05) is 47.5 Å². The van der Waals surface area contributed by atoms with Crippen molar-refractivity contribution in [2.75, 3.05) is 25.0 Å². The molecular formula is C28H28Cl3N5O4. The Balaban J connectivity index is 1.27. The lowest BCUT2D eigenvalue weighted by atomic mass is 9.86. The molecule has 9 nitrogen and oxygen atoms in total. The van der Waals surface area contributed by atoms with Gasteiger partial charge in [0.15, 0.2) is 0 Å². The number of anilines is 1. The summed E-state index contributed by atoms with van der Waals surface area (Å²) in [5.74, 6) is -1.88. The zero-order chi connectivity index (χ0) is 28.4. The number of amides is 2. The van der Waals surface area contributed by atoms with Crippen molar-refractivity contribution in [2.24, 2.45) is 4.99 Å². The van der Waals surface area contributed by atoms with Gasteiger partial charge in [0.1, 0.15) is 12.2 Å². The number of carbonyl (C=O) groups is 3. The highest BCUT2D eigenvalue weighted by Gasteiger charge is 2.36. The summed E-state index contributed by atoms with van der Waals surface area (Å²) < 4.78 is 0. The van der Waals surface area contributed by atoms with E-state index in [2.05, 4.69) is 20.9 Å². The molecule has 0 spiro atoms. The third-order valence-corrected chi connectivity index (χ3v) is 8.52. The summed E-state index contributed by atoms with van der Waals surface area (Å²) in [6.07, 6.45) is 6.64. The first-order valence-corrected chi connectivity index (χ1v) is 14.2. The fraction of sp³-hybridized carbons (Fsp3) is 0.357. The van der Waals surface area contributed by atoms with E-state index in [1.165, 1.54) is 0 Å². The Morgan fingerprint density at radius 2 is 1.95 bits per heavy atom. The number of allylic oxidation sites excluding steroid dienone is 4. The second kappa shape index (κ2) is 12.2. The number of nitrogens with one attached hydrogen (secondary N) is 3. The Morgan fingerprint density at radius 3 is 2.70 bits per heavy atom. The topological polar surface area (TPSA) is 123 Å². The van der Waals surface area contributed by atoms with Gasteiger partial charge in [-0.15, -0.1) is 11.6 Å². The smallest absolute Gasteiger partial charge is 0.327 e. The van der Waals surface area contributed by atoms with Crippen LogP contribution in [0.4, 0.5) is 5.69 Å². The number of rotatable bonds is 7. The van der Waals surface area contributed by atoms with Crippen LogP contribution in [0.5, 0.6) is 0 Å². The van der Waals surface area contributed by atoms with Crippen molar-refractivity contribution in [2.45, 2.75) is 43.3 Å². The number of hydrogen-bond donors (Lipinski definition) is 4. The molecule has 4 aliphatic rings. The van der Waals surface area contributed by atoms with E-state index in [9.17, 15) is 19.5 Å². The minimum atomic E-state index is -1.24. The van der Waals surface area contributed by atoms with Crippen molar-refractivity contribution in [1.29, 1.82) is 0 Å². The van der Waals surface area contributed by atoms with E-state index in [0.717, 1.165) is 27.4 Å². The number of alkyl halides is 1. The summed E-state index contributed by atoms with van der Waals surface area (Å²) in [7, 11) is 0. The molecule has 5 rings (SSSR count). The number of nitrogens with zero attached hydrogens (tertiary/aromatic N) is 2. The SMILES string of the molecule is O=C(N[C@@H](CN[C@@H]1N=CNc2ccccc21)C(=O)O)C1=C(Cl)C2=C(C[C@@H]1Cl)CN(C(=O)C1=CC=C(Cl)CC1)CC2. The second-order valence-corrected chi connectivity index (χ2v) is 11.3. The maximum Gasteiger partial charge on any atom is 0.327 e. The number of carboxylic acids is 1. The van der Waals surface area contributed by atoms with Crippen LogP contribution in [0.3, 0.4) is 0 Å². The molecule has 12 heteroatoms. The molecule has 0 bridgehead atoms. The highest BCUT2D eigenvalue weighted by molar-refractivity contribution is 6.37. The number of carboxylic acid groups (broad SMARTS) is 1. The van der Waals surface area contributed by atoms with Crippen LogP contribution in [-0.2, 0) is 14.4 Å². The van der Waals surface area contributed by atoms with Crippen molar-refractivity contribution in [3.63, 3.8) is 0 Å². The minimum Gasteiger partial charge on any atom is -0.480 e. The van der Waals surface area contributed by atoms with Gasteiger partial charge in [0.2, 0.25) is 5.91 Å². The Morgan fingerprint density at radius 1 is 1.15 bits per heavy atom. The molecule has 210 valence electrons. The number of hydrogen-bond acceptors (Lipinski definition) is 6. The van der Waals surface area contributed by atoms with Crippen LogP contribution in [0.25, 0.3) is 0 Å². The maximum absolute atomic E-state index is 13.3. The van der Waals surface area contributed by atoms with E-state index < -0.39 is 29.5 Å². The first-order valence-electron chi connectivity index (χ1n) is 13.0. The van der Waals surface area contributed by atoms with Crippen LogP contribution in [0, 0.1) is 0 Å². The fourth-order valence-corrected chi connectivity index (χ4v) is 6.32. The number of halogens is 3. The number of para-hydroxylation sites is 1. The van der Waals surface area contributed by atoms with Crippen LogP contribution in [0.15, 0.2) is 73.8 Å². The second-order valence-electron chi connectivity index (χ2n) is 9.95. The van der Waals surface area contributed by atoms with E-state index in [1.807, 2.05) is 24.3 Å². The van der Waals surface area contributed by atoms with Crippen molar-refractivity contribution in [3.8, 4) is 0 Å². The molecule has 0 saturated carbocycles. The van der Waals surface area contributed by atoms with Gasteiger partial charge in [0, 0.05) is 41.5 Å². The largest absolute Gasteiger partial charge is 0.480 e. The van der Waals surface area contributed by atoms with Crippen molar-refractivity contribution in [1.82, 2.24) is 15.5 Å². The average Bonchev–Trinajstić information content (AvgIpc) is 2.94. The minimum absolute atomic E-state index is 0.0424. The highest BCUT2D eigenvalue weighted by Crippen LogP contribution is 2.40. The molecule has 1 aromatic carbocycles. The first-order chi connectivity index (χ1) is 19.2. The van der Waals surface area contributed by atoms with Gasteiger partial charge in [-0.3, -0.25) is 19.9 Å². The van der Waals surface area contributed by atoms with Crippen LogP contribution >= 0.6 is 34.8 Å². The van der Waals surface area contributed by atoms with Crippen molar-refractivity contribution < 1.29 is 19.5 Å². The van der Waals surface area contributed by atoms with E-state index in [4.69, 9.17) is 34.8 Å². The number of aliphatic carboxylic acids is 1. The lowest BCUT2D eigenvalue weighted by Crippen LogP contribution is -2.49. The molecule has 3 atom stereocenters. The molecule has 2 amide bonds. The molecule has 0 saturated heterocycles. The molecule has 4 N–H and O–H groups in total. The van der Waals surface area contributed by atoms with E-state index in [-0.39, 0.29) is 23.1 Å². The molecule has 1 aromatic rings. The molecule has 2 aliphatic heterocycles. The predicted octanol–water partition coefficient (Wildman–Crippen LogP) is 4.17. The molecule has 2 heterocycles. The summed E-state index contributed by atoms with van der Waals surface area (Å²) in [5, 5.41) is 18.7. The number of aliphatic imine (C=N–C) groups is 1. The van der Waals surface area contributed by atoms with E-state index >= 15 is 0 Å². The zero-order valence-electron chi connectivity index (χ0n) is 21.4. The van der Waals surface area contributed by atoms with Gasteiger partial charge in [-0.05, 0) is 49.0 Å². The molecule has 40 heavy (non-hydrogen) atoms. The summed E-state index contributed by atoms with van der Waals surface area (Å²) >= 11 is 19.4. The summed E-state index contributed by atoms with van der Waals surface area (Å²) in [5.41, 5.74) is 4.28. The maximum atomic E-state index is 13.3. The zero-order valence-corrected chi connectivity index (χ0v) is 23.7. The van der Waals surface area contributed by atoms with Gasteiger partial charge in [0.25, 0.3) is 5.91 Å². The average molecular weight is 605 g/mol. The quantitative estimate of drug-likeness (QED) is 0.347. The monoisotopic (exact) mass is 603 g/mol. The Bertz CT molecular complexity index is 1400. The summed E-state index contributed by atoms with van der Waals surface area (Å²) in [4.78, 5) is 44.5. The summed E-state index contributed by atoms with van der Waals surface area (Å²) in [6, 6.07) is 6.30. The van der Waals surface area contributed by atoms with Gasteiger partial charge < -0.3 is 20.6 Å². The van der Waals surface area contributed by atoms with Crippen LogP contribution in [-0.4, -0.2) is 65.2 Å². The van der Waals surface area contributed by atoms with Gasteiger partial charge in [0.05, 0.1) is 22.3 Å². The standard InChI is InChI=1S/C28H28Cl3N5O4/c29-17-7-5-15(6-8-17)27(38)36-10-9-18-16(13-36)11-20(30)23(24(18)31)26(37)35-22(28(39)40)12-32-25-19-3-1-2-4-21(19)33-14-34-25/h1-5,7,14,20,22,25,32H,6,8-13H2,(H,33,34)(H,35,37)(H,39,40)/t20-,22-,25+/m0/s1. The molecule has 0 unspecified atom stereocenters. The van der Waals surface area contributed by atoms with Crippen molar-refractivity contribution >= 4 is 64.6 Å². The Hall–Kier alpha value is -3.11. The lowest BCUT2D eigenvalue weighted by molar-refractivity contribution is -0.141. The highest BCUT2D eigenvalue weighted by atomic mass is 35.5. The fourth-order valence-electron chi connectivity index (χ4n) is 5.26. The third-order valence-electron chi connectivity index (χ3n) is 7.40. The number of fused-ring (bicyclic) bond motifs is 1. The lowest BCUT2D eigenvalue weighted by Gasteiger charge is -2.36. The molecule has 0 aromatic heterocycles. The van der Waals surface area contributed by atoms with Crippen LogP contribution in [0.1, 0.15) is 37.4 Å². The number of carbonyl (C=O) groups excluding carboxylic acids is 2.